The molecular weight excluding hydrogens is 1200 g/mol. The van der Waals surface area contributed by atoms with Crippen LogP contribution in [0.2, 0.25) is 5.15 Å². The van der Waals surface area contributed by atoms with E-state index in [4.69, 9.17) is 30.5 Å². The van der Waals surface area contributed by atoms with E-state index in [-0.39, 0.29) is 78.7 Å². The van der Waals surface area contributed by atoms with Crippen molar-refractivity contribution in [1.82, 2.24) is 35.4 Å². The third-order valence-electron chi connectivity index (χ3n) is 18.4. The Labute approximate surface area is 518 Å². The maximum absolute atomic E-state index is 14.6. The molecule has 2 aliphatic heterocycles. The van der Waals surface area contributed by atoms with Crippen LogP contribution in [0.4, 0.5) is 4.39 Å². The molecule has 4 saturated carbocycles. The molecule has 476 valence electrons. The number of methoxy groups -OCH3 is 2. The van der Waals surface area contributed by atoms with Gasteiger partial charge in [-0.05, 0) is 85.1 Å². The molecule has 0 bridgehead atoms. The Morgan fingerprint density at radius 1 is 0.693 bits per heavy atom. The van der Waals surface area contributed by atoms with Crippen molar-refractivity contribution < 1.29 is 68.9 Å². The van der Waals surface area contributed by atoms with Crippen LogP contribution in [0.3, 0.4) is 0 Å². The molecule has 0 radical (unpaired) electrons. The highest BCUT2D eigenvalue weighted by Crippen LogP contribution is 2.48. The van der Waals surface area contributed by atoms with Gasteiger partial charge in [-0.1, -0.05) is 79.1 Å². The largest absolute Gasteiger partial charge is 0.494 e. The smallest absolute Gasteiger partial charge is 0.258 e. The number of pyridine rings is 3. The highest BCUT2D eigenvalue weighted by atomic mass is 35.5. The molecule has 4 amide bonds. The van der Waals surface area contributed by atoms with Gasteiger partial charge in [0.25, 0.3) is 5.88 Å². The number of benzene rings is 1. The number of halogens is 2. The lowest BCUT2D eigenvalue weighted by atomic mass is 9.81. The highest BCUT2D eigenvalue weighted by molar-refractivity contribution is 7.93. The molecule has 21 nitrogen and oxygen atoms in total. The van der Waals surface area contributed by atoms with E-state index in [1.165, 1.54) is 42.3 Å². The summed E-state index contributed by atoms with van der Waals surface area (Å²) < 4.78 is 88.2. The van der Waals surface area contributed by atoms with Gasteiger partial charge in [0.05, 0.1) is 37.8 Å². The van der Waals surface area contributed by atoms with Crippen molar-refractivity contribution >= 4 is 88.1 Å². The monoisotopic (exact) mass is 1280 g/mol. The van der Waals surface area contributed by atoms with Crippen molar-refractivity contribution in [1.29, 1.82) is 0 Å². The van der Waals surface area contributed by atoms with Crippen LogP contribution >= 0.6 is 11.6 Å². The maximum Gasteiger partial charge on any atom is 0.258 e. The zero-order valence-electron chi connectivity index (χ0n) is 51.4. The van der Waals surface area contributed by atoms with Crippen LogP contribution in [0.5, 0.6) is 23.3 Å². The zero-order valence-corrected chi connectivity index (χ0v) is 53.8. The average molecular weight is 1280 g/mol. The number of carbonyl (C=O) groups excluding carboxylic acids is 6. The maximum atomic E-state index is 14.6. The second-order valence-corrected chi connectivity index (χ2v) is 31.4. The molecular formula is C63H79ClFN7O14S2. The molecule has 0 unspecified atom stereocenters. The Kier molecular flexibility index (Phi) is 18.3. The molecule has 5 heterocycles. The Morgan fingerprint density at radius 3 is 1.55 bits per heavy atom. The number of nitrogens with zero attached hydrogens (tertiary/aromatic N) is 5. The molecule has 4 aliphatic carbocycles. The van der Waals surface area contributed by atoms with E-state index in [1.807, 2.05) is 48.5 Å². The van der Waals surface area contributed by atoms with E-state index in [1.54, 1.807) is 43.5 Å². The molecule has 10 rings (SSSR count). The third-order valence-corrected chi connectivity index (χ3v) is 23.0. The fourth-order valence-electron chi connectivity index (χ4n) is 11.5. The quantitative estimate of drug-likeness (QED) is 0.0584. The Balaban J connectivity index is 0.000000209. The van der Waals surface area contributed by atoms with E-state index >= 15 is 0 Å². The minimum absolute atomic E-state index is 0.0654. The molecule has 1 aromatic carbocycles. The normalized spacial score (nSPS) is 25.8. The number of aromatic nitrogens is 3. The average Bonchev–Trinajstić information content (AvgIpc) is 1.62. The Hall–Kier alpha value is -6.79. The van der Waals surface area contributed by atoms with Gasteiger partial charge in [0, 0.05) is 59.7 Å². The lowest BCUT2D eigenvalue weighted by Gasteiger charge is -2.33. The number of fused-ring (bicyclic) bond motifs is 2. The first-order valence-corrected chi connectivity index (χ1v) is 33.5. The number of ether oxygens (including phenoxy) is 4. The van der Waals surface area contributed by atoms with E-state index < -0.39 is 135 Å². The molecule has 10 atom stereocenters. The number of rotatable bonds is 22. The lowest BCUT2D eigenvalue weighted by Crippen LogP contribution is -2.55. The number of sulfone groups is 2. The van der Waals surface area contributed by atoms with Crippen LogP contribution in [0.25, 0.3) is 21.7 Å². The first-order valence-electron chi connectivity index (χ1n) is 29.7. The van der Waals surface area contributed by atoms with E-state index in [9.17, 15) is 50.0 Å². The topological polar surface area (TPSA) is 277 Å². The number of nitrogens with one attached hydrogen (secondary N) is 2. The molecule has 3 aromatic heterocycles. The van der Waals surface area contributed by atoms with Crippen LogP contribution in [-0.4, -0.2) is 161 Å². The third kappa shape index (κ3) is 13.5. The first-order chi connectivity index (χ1) is 41.2. The number of hydrogen-bond acceptors (Lipinski definition) is 17. The summed E-state index contributed by atoms with van der Waals surface area (Å²) in [6.45, 7) is 23.0. The second-order valence-electron chi connectivity index (χ2n) is 26.5. The van der Waals surface area contributed by atoms with E-state index in [0.717, 1.165) is 0 Å². The Morgan fingerprint density at radius 2 is 1.12 bits per heavy atom. The standard InChI is InChI=1S/C32H40FN3O7S.C31H39ClN4O7S/c1-7-20-15-32(20,27(37)17-44(40,41)22-8-9-22)35-28(38)25-13-21(16-36(25)30(39)18(2)31(3,4)5)43-29-23-14-24(33)26(42-6)12-19(23)10-11-34-29;1-7-19-14-31(19,24(37)16-44(40,41)21-8-9-21)35-27(38)22-13-20(15-36(22)29(39)17(2)30(3,4)5)43-28-23(42-6)12-18-10-11-33-26(32)25(18)34-28/h7,10-12,14,18,20-22,25H,1,8-9,13,15-17H2,2-6H3,(H,35,38);7,10-12,17,19-22H,1,8-9,13-16H2,2-6H3,(H,35,38)/t18-,20-,21-,25+,32-;17-,19-,20-,22+,31-/m11/s1. The zero-order chi connectivity index (χ0) is 64.4. The number of Topliss-reactive ketones (excluding diaryl/α,β-unsaturated/α-hetero) is 2. The molecule has 6 aliphatic rings. The molecule has 6 fully saturated rings. The predicted octanol–water partition coefficient (Wildman–Crippen LogP) is 7.15. The number of hydrogen-bond donors (Lipinski definition) is 2. The summed E-state index contributed by atoms with van der Waals surface area (Å²) in [6, 6.07) is 6.02. The number of likely N-dealkylation sites (tertiary alicyclic amines) is 2. The minimum Gasteiger partial charge on any atom is -0.494 e. The predicted molar refractivity (Wildman–Crippen MR) is 328 cm³/mol. The fourth-order valence-corrected chi connectivity index (χ4v) is 15.1. The van der Waals surface area contributed by atoms with Crippen molar-refractivity contribution in [3.63, 3.8) is 0 Å². The summed E-state index contributed by atoms with van der Waals surface area (Å²) in [5, 5.41) is 6.63. The highest BCUT2D eigenvalue weighted by Gasteiger charge is 2.63. The van der Waals surface area contributed by atoms with Gasteiger partial charge in [0.2, 0.25) is 29.5 Å². The minimum atomic E-state index is -3.60. The second kappa shape index (κ2) is 24.5. The van der Waals surface area contributed by atoms with Crippen LogP contribution in [0.1, 0.15) is 107 Å². The molecule has 4 aromatic rings. The van der Waals surface area contributed by atoms with Gasteiger partial charge in [-0.3, -0.25) is 28.8 Å². The summed E-state index contributed by atoms with van der Waals surface area (Å²) in [4.78, 5) is 98.1. The van der Waals surface area contributed by atoms with Gasteiger partial charge in [0.15, 0.2) is 53.7 Å². The molecule has 2 saturated heterocycles. The Bertz CT molecular complexity index is 3720. The summed E-state index contributed by atoms with van der Waals surface area (Å²) >= 11 is 6.28. The molecule has 88 heavy (non-hydrogen) atoms. The van der Waals surface area contributed by atoms with Crippen LogP contribution in [0, 0.1) is 40.3 Å². The van der Waals surface area contributed by atoms with Crippen molar-refractivity contribution in [2.75, 3.05) is 38.8 Å². The van der Waals surface area contributed by atoms with Crippen molar-refractivity contribution in [3.8, 4) is 23.3 Å². The van der Waals surface area contributed by atoms with Crippen molar-refractivity contribution in [2.45, 2.75) is 153 Å². The van der Waals surface area contributed by atoms with Gasteiger partial charge in [-0.15, -0.1) is 13.2 Å². The fraction of sp³-hybridized carbons (Fsp3) is 0.571. The lowest BCUT2D eigenvalue weighted by molar-refractivity contribution is -0.144. The van der Waals surface area contributed by atoms with Crippen LogP contribution < -0.4 is 29.6 Å². The summed E-state index contributed by atoms with van der Waals surface area (Å²) in [5.41, 5.74) is -3.11. The van der Waals surface area contributed by atoms with Crippen molar-refractivity contribution in [2.24, 2.45) is 34.5 Å². The van der Waals surface area contributed by atoms with Gasteiger partial charge < -0.3 is 39.4 Å². The molecule has 25 heteroatoms. The summed E-state index contributed by atoms with van der Waals surface area (Å²) in [6.07, 6.45) is 7.76. The van der Waals surface area contributed by atoms with Crippen LogP contribution in [-0.2, 0) is 48.4 Å². The van der Waals surface area contributed by atoms with Gasteiger partial charge in [-0.25, -0.2) is 36.2 Å². The van der Waals surface area contributed by atoms with Gasteiger partial charge in [-0.2, -0.15) is 0 Å². The molecule has 0 spiro atoms. The van der Waals surface area contributed by atoms with Gasteiger partial charge in [0.1, 0.15) is 52.4 Å². The number of ketones is 2. The summed E-state index contributed by atoms with van der Waals surface area (Å²) in [7, 11) is -4.33. The number of amides is 4. The SMILES string of the molecule is C=C[C@@H]1C[C@]1(NC(=O)[C@@H]1C[C@@H](Oc2nc3c(Cl)nccc3cc2OC)CN1C(=O)[C@@H](C)C(C)(C)C)C(=O)CS(=O)(=O)C1CC1.C=C[C@@H]1C[C@]1(NC(=O)[C@@H]1C[C@@H](Oc2nccc3cc(OC)c(F)cc23)CN1C(=O)[C@@H](C)C(C)(C)C)C(=O)CS(=O)(=O)C1CC1. The first kappa shape index (κ1) is 65.7. The van der Waals surface area contributed by atoms with E-state index in [2.05, 4.69) is 38.7 Å². The van der Waals surface area contributed by atoms with Gasteiger partial charge >= 0.3 is 0 Å². The van der Waals surface area contributed by atoms with Crippen LogP contribution in [0.15, 0.2) is 68.0 Å². The van der Waals surface area contributed by atoms with Crippen molar-refractivity contribution in [3.05, 3.63) is 79.0 Å². The number of carbonyl (C=O) groups is 6. The summed E-state index contributed by atoms with van der Waals surface area (Å²) in [5.74, 6) is -5.54. The molecule has 2 N–H and O–H groups in total. The van der Waals surface area contributed by atoms with E-state index in [0.29, 0.717) is 53.1 Å².